The number of amides is 1. The summed E-state index contributed by atoms with van der Waals surface area (Å²) in [6.07, 6.45) is -4.57. The summed E-state index contributed by atoms with van der Waals surface area (Å²) in [6, 6.07) is 15.8. The number of carbonyl (C=O) groups is 1. The lowest BCUT2D eigenvalue weighted by atomic mass is 9.98. The van der Waals surface area contributed by atoms with Crippen molar-refractivity contribution in [1.82, 2.24) is 5.32 Å². The average Bonchev–Trinajstić information content (AvgIpc) is 2.56. The standard InChI is InChI=1S/C18H17ClF3NO2/c19-15-8-4-7-14(11-15)17(13-5-2-1-3-6-13)23-16(24)9-10-25-12-18(20,21)22/h1-8,11,17H,9-10,12H2,(H,23,24). The summed E-state index contributed by atoms with van der Waals surface area (Å²) in [4.78, 5) is 12.1. The van der Waals surface area contributed by atoms with Crippen molar-refractivity contribution in [2.45, 2.75) is 18.6 Å². The number of halogens is 4. The highest BCUT2D eigenvalue weighted by atomic mass is 35.5. The molecule has 0 saturated carbocycles. The number of carbonyl (C=O) groups excluding carboxylic acids is 1. The van der Waals surface area contributed by atoms with Gasteiger partial charge in [0.1, 0.15) is 6.61 Å². The Morgan fingerprint density at radius 3 is 2.40 bits per heavy atom. The lowest BCUT2D eigenvalue weighted by molar-refractivity contribution is -0.174. The van der Waals surface area contributed by atoms with Gasteiger partial charge >= 0.3 is 6.18 Å². The van der Waals surface area contributed by atoms with E-state index in [0.717, 1.165) is 11.1 Å². The number of hydrogen-bond acceptors (Lipinski definition) is 2. The molecule has 0 aliphatic heterocycles. The van der Waals surface area contributed by atoms with Crippen LogP contribution in [0, 0.1) is 0 Å². The van der Waals surface area contributed by atoms with Gasteiger partial charge in [0.25, 0.3) is 0 Å². The third kappa shape index (κ3) is 6.76. The number of ether oxygens (including phenoxy) is 1. The second-order valence-corrected chi connectivity index (χ2v) is 5.82. The highest BCUT2D eigenvalue weighted by Gasteiger charge is 2.27. The zero-order chi connectivity index (χ0) is 18.3. The number of hydrogen-bond donors (Lipinski definition) is 1. The van der Waals surface area contributed by atoms with E-state index in [0.29, 0.717) is 5.02 Å². The van der Waals surface area contributed by atoms with E-state index in [4.69, 9.17) is 11.6 Å². The van der Waals surface area contributed by atoms with Gasteiger partial charge in [-0.1, -0.05) is 54.1 Å². The molecular weight excluding hydrogens is 355 g/mol. The molecule has 2 aromatic carbocycles. The van der Waals surface area contributed by atoms with Crippen molar-refractivity contribution >= 4 is 17.5 Å². The minimum Gasteiger partial charge on any atom is -0.372 e. The largest absolute Gasteiger partial charge is 0.411 e. The van der Waals surface area contributed by atoms with E-state index in [1.165, 1.54) is 0 Å². The molecule has 1 unspecified atom stereocenters. The maximum Gasteiger partial charge on any atom is 0.411 e. The topological polar surface area (TPSA) is 38.3 Å². The number of benzene rings is 2. The van der Waals surface area contributed by atoms with Crippen LogP contribution >= 0.6 is 11.6 Å². The van der Waals surface area contributed by atoms with Crippen molar-refractivity contribution in [2.24, 2.45) is 0 Å². The van der Waals surface area contributed by atoms with Crippen molar-refractivity contribution in [1.29, 1.82) is 0 Å². The summed E-state index contributed by atoms with van der Waals surface area (Å²) in [7, 11) is 0. The number of alkyl halides is 3. The molecule has 0 aliphatic carbocycles. The van der Waals surface area contributed by atoms with Crippen LogP contribution in [0.5, 0.6) is 0 Å². The molecule has 1 atom stereocenters. The molecule has 0 heterocycles. The van der Waals surface area contributed by atoms with Crippen molar-refractivity contribution in [3.63, 3.8) is 0 Å². The highest BCUT2D eigenvalue weighted by molar-refractivity contribution is 6.30. The SMILES string of the molecule is O=C(CCOCC(F)(F)F)NC(c1ccccc1)c1cccc(Cl)c1. The molecule has 0 saturated heterocycles. The van der Waals surface area contributed by atoms with Crippen molar-refractivity contribution in [2.75, 3.05) is 13.2 Å². The first-order valence-electron chi connectivity index (χ1n) is 7.59. The van der Waals surface area contributed by atoms with Gasteiger partial charge in [0.2, 0.25) is 5.91 Å². The quantitative estimate of drug-likeness (QED) is 0.727. The first-order valence-corrected chi connectivity index (χ1v) is 7.97. The minimum absolute atomic E-state index is 0.167. The molecule has 3 nitrogen and oxygen atoms in total. The third-order valence-corrected chi connectivity index (χ3v) is 3.59. The van der Waals surface area contributed by atoms with Crippen molar-refractivity contribution in [3.05, 3.63) is 70.7 Å². The Morgan fingerprint density at radius 1 is 1.08 bits per heavy atom. The normalized spacial score (nSPS) is 12.6. The van der Waals surface area contributed by atoms with Crippen LogP contribution in [0.25, 0.3) is 0 Å². The summed E-state index contributed by atoms with van der Waals surface area (Å²) in [5.41, 5.74) is 1.62. The predicted molar refractivity (Wildman–Crippen MR) is 89.4 cm³/mol. The van der Waals surface area contributed by atoms with Gasteiger partial charge in [-0.25, -0.2) is 0 Å². The van der Waals surface area contributed by atoms with E-state index in [-0.39, 0.29) is 13.0 Å². The van der Waals surface area contributed by atoms with Gasteiger partial charge in [0.05, 0.1) is 12.6 Å². The molecule has 0 fully saturated rings. The van der Waals surface area contributed by atoms with Gasteiger partial charge < -0.3 is 10.1 Å². The van der Waals surface area contributed by atoms with E-state index in [1.54, 1.807) is 18.2 Å². The van der Waals surface area contributed by atoms with Crippen molar-refractivity contribution < 1.29 is 22.7 Å². The average molecular weight is 372 g/mol. The van der Waals surface area contributed by atoms with Gasteiger partial charge in [0.15, 0.2) is 0 Å². The third-order valence-electron chi connectivity index (χ3n) is 3.36. The van der Waals surface area contributed by atoms with E-state index in [1.807, 2.05) is 36.4 Å². The molecule has 1 amide bonds. The number of nitrogens with one attached hydrogen (secondary N) is 1. The zero-order valence-electron chi connectivity index (χ0n) is 13.2. The Kier molecular flexibility index (Phi) is 6.84. The summed E-state index contributed by atoms with van der Waals surface area (Å²) in [6.45, 7) is -1.67. The summed E-state index contributed by atoms with van der Waals surface area (Å²) in [5.74, 6) is -0.406. The second kappa shape index (κ2) is 8.87. The van der Waals surface area contributed by atoms with Gasteiger partial charge in [-0.3, -0.25) is 4.79 Å². The van der Waals surface area contributed by atoms with Crippen LogP contribution in [0.4, 0.5) is 13.2 Å². The Hall–Kier alpha value is -2.05. The van der Waals surface area contributed by atoms with Crippen LogP contribution in [0.15, 0.2) is 54.6 Å². The molecule has 0 spiro atoms. The lowest BCUT2D eigenvalue weighted by Gasteiger charge is -2.20. The fraction of sp³-hybridized carbons (Fsp3) is 0.278. The summed E-state index contributed by atoms with van der Waals surface area (Å²) in [5, 5.41) is 3.34. The Morgan fingerprint density at radius 2 is 1.76 bits per heavy atom. The van der Waals surface area contributed by atoms with E-state index >= 15 is 0 Å². The maximum atomic E-state index is 12.1. The fourth-order valence-electron chi connectivity index (χ4n) is 2.28. The second-order valence-electron chi connectivity index (χ2n) is 5.38. The zero-order valence-corrected chi connectivity index (χ0v) is 14.0. The molecule has 1 N–H and O–H groups in total. The smallest absolute Gasteiger partial charge is 0.372 e. The summed E-state index contributed by atoms with van der Waals surface area (Å²) < 4.78 is 40.6. The first kappa shape index (κ1) is 19.3. The van der Waals surface area contributed by atoms with Gasteiger partial charge in [-0.15, -0.1) is 0 Å². The molecule has 2 rings (SSSR count). The molecule has 25 heavy (non-hydrogen) atoms. The van der Waals surface area contributed by atoms with Gasteiger partial charge in [-0.05, 0) is 23.3 Å². The van der Waals surface area contributed by atoms with Crippen LogP contribution in [0.1, 0.15) is 23.6 Å². The Labute approximate surface area is 148 Å². The maximum absolute atomic E-state index is 12.1. The predicted octanol–water partition coefficient (Wildman–Crippen LogP) is 4.51. The van der Waals surface area contributed by atoms with Crippen LogP contribution in [-0.2, 0) is 9.53 Å². The molecule has 0 aromatic heterocycles. The summed E-state index contributed by atoms with van der Waals surface area (Å²) >= 11 is 6.02. The molecule has 7 heteroatoms. The van der Waals surface area contributed by atoms with E-state index in [9.17, 15) is 18.0 Å². The van der Waals surface area contributed by atoms with Crippen LogP contribution in [-0.4, -0.2) is 25.3 Å². The molecule has 0 radical (unpaired) electrons. The molecule has 0 bridgehead atoms. The first-order chi connectivity index (χ1) is 11.8. The minimum atomic E-state index is -4.40. The van der Waals surface area contributed by atoms with Gasteiger partial charge in [-0.2, -0.15) is 13.2 Å². The van der Waals surface area contributed by atoms with Crippen LogP contribution in [0.3, 0.4) is 0 Å². The molecule has 134 valence electrons. The molecule has 2 aromatic rings. The Balaban J connectivity index is 2.03. The Bertz CT molecular complexity index is 692. The van der Waals surface area contributed by atoms with Gasteiger partial charge in [0, 0.05) is 11.4 Å². The van der Waals surface area contributed by atoms with E-state index < -0.39 is 24.7 Å². The molecular formula is C18H17ClF3NO2. The van der Waals surface area contributed by atoms with Crippen molar-refractivity contribution in [3.8, 4) is 0 Å². The lowest BCUT2D eigenvalue weighted by Crippen LogP contribution is -2.30. The monoisotopic (exact) mass is 371 g/mol. The van der Waals surface area contributed by atoms with Crippen LogP contribution < -0.4 is 5.32 Å². The fourth-order valence-corrected chi connectivity index (χ4v) is 2.48. The highest BCUT2D eigenvalue weighted by Crippen LogP contribution is 2.24. The van der Waals surface area contributed by atoms with E-state index in [2.05, 4.69) is 10.1 Å². The van der Waals surface area contributed by atoms with Crippen LogP contribution in [0.2, 0.25) is 5.02 Å². The molecule has 0 aliphatic rings. The number of rotatable bonds is 7.